The zero-order valence-corrected chi connectivity index (χ0v) is 14.4. The number of aromatic nitrogens is 3. The molecule has 2 heterocycles. The van der Waals surface area contributed by atoms with Crippen LogP contribution < -0.4 is 10.1 Å². The fourth-order valence-corrected chi connectivity index (χ4v) is 2.95. The average molecular weight is 348 g/mol. The van der Waals surface area contributed by atoms with Gasteiger partial charge >= 0.3 is 0 Å². The van der Waals surface area contributed by atoms with Gasteiger partial charge in [-0.25, -0.2) is 4.52 Å². The van der Waals surface area contributed by atoms with Crippen LogP contribution in [0.1, 0.15) is 25.7 Å². The molecule has 1 aromatic carbocycles. The maximum atomic E-state index is 11.9. The van der Waals surface area contributed by atoms with Gasteiger partial charge in [0.2, 0.25) is 11.9 Å². The molecule has 2 aliphatic carbocycles. The van der Waals surface area contributed by atoms with Crippen LogP contribution in [0.5, 0.6) is 5.75 Å². The summed E-state index contributed by atoms with van der Waals surface area (Å²) in [5.41, 5.74) is 2.66. The summed E-state index contributed by atoms with van der Waals surface area (Å²) in [5.74, 6) is 2.13. The molecule has 1 N–H and O–H groups in total. The van der Waals surface area contributed by atoms with Gasteiger partial charge in [-0.1, -0.05) is 6.07 Å². The van der Waals surface area contributed by atoms with E-state index in [1.165, 1.54) is 12.8 Å². The molecule has 6 heteroatoms. The maximum absolute atomic E-state index is 11.9. The van der Waals surface area contributed by atoms with Crippen molar-refractivity contribution in [3.63, 3.8) is 0 Å². The number of ether oxygens (including phenoxy) is 1. The van der Waals surface area contributed by atoms with Gasteiger partial charge in [0.25, 0.3) is 0 Å². The molecule has 2 saturated carbocycles. The number of carbonyl (C=O) groups excluding carboxylic acids is 1. The second kappa shape index (κ2) is 6.12. The molecule has 2 fully saturated rings. The van der Waals surface area contributed by atoms with E-state index in [9.17, 15) is 4.79 Å². The van der Waals surface area contributed by atoms with Gasteiger partial charge in [-0.2, -0.15) is 4.98 Å². The second-order valence-corrected chi connectivity index (χ2v) is 7.16. The smallest absolute Gasteiger partial charge is 0.249 e. The highest BCUT2D eigenvalue weighted by Gasteiger charge is 2.30. The van der Waals surface area contributed by atoms with E-state index in [1.807, 2.05) is 42.5 Å². The predicted molar refractivity (Wildman–Crippen MR) is 98.0 cm³/mol. The van der Waals surface area contributed by atoms with Gasteiger partial charge in [-0.15, -0.1) is 5.10 Å². The van der Waals surface area contributed by atoms with Crippen molar-refractivity contribution < 1.29 is 9.53 Å². The van der Waals surface area contributed by atoms with Gasteiger partial charge in [-0.05, 0) is 68.0 Å². The Labute approximate surface area is 151 Å². The van der Waals surface area contributed by atoms with Crippen molar-refractivity contribution in [1.29, 1.82) is 0 Å². The molecule has 6 nitrogen and oxygen atoms in total. The summed E-state index contributed by atoms with van der Waals surface area (Å²) in [6.45, 7) is 0.808. The van der Waals surface area contributed by atoms with Crippen LogP contribution in [0.25, 0.3) is 16.9 Å². The van der Waals surface area contributed by atoms with Gasteiger partial charge in [0, 0.05) is 11.5 Å². The fraction of sp³-hybridized carbons (Fsp3) is 0.350. The number of rotatable bonds is 6. The van der Waals surface area contributed by atoms with Crippen LogP contribution in [0.2, 0.25) is 0 Å². The topological polar surface area (TPSA) is 68.5 Å². The molecule has 0 atom stereocenters. The summed E-state index contributed by atoms with van der Waals surface area (Å²) in [7, 11) is 0. The number of fused-ring (bicyclic) bond motifs is 1. The number of hydrogen-bond acceptors (Lipinski definition) is 4. The van der Waals surface area contributed by atoms with Gasteiger partial charge < -0.3 is 4.74 Å². The van der Waals surface area contributed by atoms with Gasteiger partial charge in [-0.3, -0.25) is 10.1 Å². The molecule has 2 aromatic heterocycles. The molecule has 0 spiro atoms. The first-order valence-corrected chi connectivity index (χ1v) is 9.16. The van der Waals surface area contributed by atoms with Gasteiger partial charge in [0.15, 0.2) is 5.65 Å². The summed E-state index contributed by atoms with van der Waals surface area (Å²) in [6, 6.07) is 13.9. The van der Waals surface area contributed by atoms with Crippen LogP contribution in [0.15, 0.2) is 42.5 Å². The molecule has 0 saturated heterocycles. The second-order valence-electron chi connectivity index (χ2n) is 7.16. The Balaban J connectivity index is 1.40. The number of nitrogens with zero attached hydrogens (tertiary/aromatic N) is 3. The van der Waals surface area contributed by atoms with Crippen molar-refractivity contribution in [2.75, 3.05) is 11.9 Å². The molecule has 0 aliphatic heterocycles. The Bertz CT molecular complexity index is 956. The van der Waals surface area contributed by atoms with Crippen LogP contribution in [-0.4, -0.2) is 27.1 Å². The summed E-state index contributed by atoms with van der Waals surface area (Å²) < 4.78 is 7.57. The number of amides is 1. The zero-order valence-electron chi connectivity index (χ0n) is 14.4. The summed E-state index contributed by atoms with van der Waals surface area (Å²) in [5, 5.41) is 7.28. The third-order valence-corrected chi connectivity index (χ3v) is 4.88. The summed E-state index contributed by atoms with van der Waals surface area (Å²) in [6.07, 6.45) is 4.48. The zero-order chi connectivity index (χ0) is 17.5. The lowest BCUT2D eigenvalue weighted by Gasteiger charge is -2.07. The summed E-state index contributed by atoms with van der Waals surface area (Å²) in [4.78, 5) is 16.4. The third kappa shape index (κ3) is 3.14. The number of nitrogens with one attached hydrogen (secondary N) is 1. The van der Waals surface area contributed by atoms with E-state index in [1.54, 1.807) is 4.52 Å². The van der Waals surface area contributed by atoms with Crippen molar-refractivity contribution in [3.8, 4) is 17.0 Å². The summed E-state index contributed by atoms with van der Waals surface area (Å²) >= 11 is 0. The first kappa shape index (κ1) is 15.4. The number of pyridine rings is 1. The van der Waals surface area contributed by atoms with Crippen molar-refractivity contribution in [2.24, 2.45) is 11.8 Å². The first-order valence-electron chi connectivity index (χ1n) is 9.16. The Morgan fingerprint density at radius 3 is 2.65 bits per heavy atom. The first-order chi connectivity index (χ1) is 12.8. The van der Waals surface area contributed by atoms with Crippen molar-refractivity contribution in [2.45, 2.75) is 25.7 Å². The molecule has 2 aliphatic rings. The van der Waals surface area contributed by atoms with E-state index in [0.717, 1.165) is 42.4 Å². The van der Waals surface area contributed by atoms with E-state index < -0.39 is 0 Å². The number of benzene rings is 1. The highest BCUT2D eigenvalue weighted by atomic mass is 16.5. The molecule has 0 unspecified atom stereocenters. The Morgan fingerprint density at radius 2 is 1.92 bits per heavy atom. The van der Waals surface area contributed by atoms with Crippen LogP contribution >= 0.6 is 0 Å². The van der Waals surface area contributed by atoms with Gasteiger partial charge in [0.1, 0.15) is 5.75 Å². The Hall–Kier alpha value is -2.89. The minimum absolute atomic E-state index is 0.0135. The number of carbonyl (C=O) groups is 1. The van der Waals surface area contributed by atoms with E-state index in [0.29, 0.717) is 11.6 Å². The molecule has 5 rings (SSSR count). The largest absolute Gasteiger partial charge is 0.493 e. The Kier molecular flexibility index (Phi) is 3.62. The molecule has 1 amide bonds. The third-order valence-electron chi connectivity index (χ3n) is 4.88. The molecule has 132 valence electrons. The van der Waals surface area contributed by atoms with Crippen molar-refractivity contribution in [3.05, 3.63) is 42.5 Å². The van der Waals surface area contributed by atoms with Crippen LogP contribution in [0, 0.1) is 11.8 Å². The number of anilines is 1. The van der Waals surface area contributed by atoms with E-state index in [4.69, 9.17) is 4.74 Å². The molecule has 0 radical (unpaired) electrons. The lowest BCUT2D eigenvalue weighted by atomic mass is 10.1. The molecule has 0 bridgehead atoms. The fourth-order valence-electron chi connectivity index (χ4n) is 2.95. The SMILES string of the molecule is O=C(Nc1nc2cccc(-c3ccc(OCC4CC4)cc3)n2n1)C1CC1. The highest BCUT2D eigenvalue weighted by molar-refractivity contribution is 5.92. The minimum atomic E-state index is 0.0135. The van der Waals surface area contributed by atoms with Crippen LogP contribution in [0.3, 0.4) is 0 Å². The quantitative estimate of drug-likeness (QED) is 0.740. The lowest BCUT2D eigenvalue weighted by Crippen LogP contribution is -2.14. The van der Waals surface area contributed by atoms with Crippen molar-refractivity contribution >= 4 is 17.5 Å². The normalized spacial score (nSPS) is 16.6. The molecular weight excluding hydrogens is 328 g/mol. The molecular formula is C20H20N4O2. The monoisotopic (exact) mass is 348 g/mol. The highest BCUT2D eigenvalue weighted by Crippen LogP contribution is 2.31. The van der Waals surface area contributed by atoms with Crippen LogP contribution in [-0.2, 0) is 4.79 Å². The van der Waals surface area contributed by atoms with Gasteiger partial charge in [0.05, 0.1) is 12.3 Å². The molecule has 3 aromatic rings. The van der Waals surface area contributed by atoms with E-state index in [2.05, 4.69) is 15.4 Å². The van der Waals surface area contributed by atoms with E-state index in [-0.39, 0.29) is 11.8 Å². The average Bonchev–Trinajstić information content (AvgIpc) is 3.57. The Morgan fingerprint density at radius 1 is 1.12 bits per heavy atom. The van der Waals surface area contributed by atoms with E-state index >= 15 is 0 Å². The van der Waals surface area contributed by atoms with Crippen LogP contribution in [0.4, 0.5) is 5.95 Å². The number of hydrogen-bond donors (Lipinski definition) is 1. The standard InChI is InChI=1S/C20H20N4O2/c25-19(15-6-7-15)22-20-21-18-3-1-2-17(24(18)23-20)14-8-10-16(11-9-14)26-12-13-4-5-13/h1-3,8-11,13,15H,4-7,12H2,(H,22,23,25). The lowest BCUT2D eigenvalue weighted by molar-refractivity contribution is -0.117. The maximum Gasteiger partial charge on any atom is 0.249 e. The predicted octanol–water partition coefficient (Wildman–Crippen LogP) is 3.53. The molecule has 26 heavy (non-hydrogen) atoms. The van der Waals surface area contributed by atoms with Crippen molar-refractivity contribution in [1.82, 2.24) is 14.6 Å². The minimum Gasteiger partial charge on any atom is -0.493 e.